The Morgan fingerprint density at radius 1 is 0.797 bits per heavy atom. The molecule has 388 valence electrons. The Morgan fingerprint density at radius 3 is 1.88 bits per heavy atom. The Morgan fingerprint density at radius 2 is 1.39 bits per heavy atom. The fourth-order valence-electron chi connectivity index (χ4n) is 11.3. The third-order valence-electron chi connectivity index (χ3n) is 15.9. The van der Waals surface area contributed by atoms with Gasteiger partial charge in [0.2, 0.25) is 0 Å². The molecule has 0 bridgehead atoms. The van der Waals surface area contributed by atoms with E-state index in [0.717, 1.165) is 42.3 Å². The summed E-state index contributed by atoms with van der Waals surface area (Å²) in [6.07, 6.45) is 1.87. The molecule has 0 spiro atoms. The van der Waals surface area contributed by atoms with Gasteiger partial charge in [0, 0.05) is 25.0 Å². The van der Waals surface area contributed by atoms with Crippen molar-refractivity contribution in [3.05, 3.63) is 90.5 Å². The van der Waals surface area contributed by atoms with E-state index in [9.17, 15) is 5.11 Å². The molecule has 2 unspecified atom stereocenters. The molecular weight excluding hydrogens is 901 g/mol. The van der Waals surface area contributed by atoms with Gasteiger partial charge in [-0.1, -0.05) is 148 Å². The number of hydrogen-bond donors (Lipinski definition) is 1. The van der Waals surface area contributed by atoms with Crippen molar-refractivity contribution in [2.24, 2.45) is 23.7 Å². The van der Waals surface area contributed by atoms with E-state index in [2.05, 4.69) is 137 Å². The van der Waals surface area contributed by atoms with Crippen LogP contribution in [0.15, 0.2) is 84.9 Å². The first-order valence-electron chi connectivity index (χ1n) is 26.3. The van der Waals surface area contributed by atoms with Gasteiger partial charge in [0.1, 0.15) is 18.6 Å². The second-order valence-corrected chi connectivity index (χ2v) is 30.8. The highest BCUT2D eigenvalue weighted by atomic mass is 28.4. The molecule has 0 radical (unpaired) electrons. The van der Waals surface area contributed by atoms with E-state index >= 15 is 0 Å². The molecule has 2 saturated heterocycles. The lowest BCUT2D eigenvalue weighted by atomic mass is 9.75. The molecule has 0 aromatic heterocycles. The third-order valence-corrected chi connectivity index (χ3v) is 25.7. The molecule has 12 heteroatoms. The Balaban J connectivity index is 1.51. The topological polar surface area (TPSA) is 103 Å². The Kier molecular flexibility index (Phi) is 21.2. The van der Waals surface area contributed by atoms with E-state index in [-0.39, 0.29) is 60.1 Å². The number of methoxy groups -OCH3 is 2. The molecule has 0 saturated carbocycles. The Hall–Kier alpha value is -2.47. The van der Waals surface area contributed by atoms with Gasteiger partial charge in [0.05, 0.1) is 44.7 Å². The standard InChI is InChI=1S/C57H92O10Si2/c1-16-46(52-39-63-56(12,13)64-52)32-35-50-43(7)54(61-38-45-30-33-47(60-15)34-31-45)44(8)57(58,65-50)53(62-40-59-14)36-41(5)51(67-68(17-2,18-3)19-4)37-42(6)66-69(55(9,10)11,48-26-22-20-23-27-48)49-28-24-21-25-29-49/h20-31,33-34,41-44,46,50-54,58H,16-19,32,35-40H2,1-15H3/t41-,42+,43+,44-,46+,50-,51-,52-,53?,54+,57?/m0/s1. The quantitative estimate of drug-likeness (QED) is 0.0587. The lowest BCUT2D eigenvalue weighted by Gasteiger charge is -2.53. The highest BCUT2D eigenvalue weighted by Crippen LogP contribution is 2.46. The summed E-state index contributed by atoms with van der Waals surface area (Å²) in [5, 5.41) is 15.8. The summed E-state index contributed by atoms with van der Waals surface area (Å²) >= 11 is 0. The van der Waals surface area contributed by atoms with Crippen LogP contribution >= 0.6 is 0 Å². The molecule has 2 aliphatic rings. The second-order valence-electron chi connectivity index (χ2n) is 21.8. The fourth-order valence-corrected chi connectivity index (χ4v) is 19.0. The minimum Gasteiger partial charge on any atom is -0.497 e. The normalized spacial score (nSPS) is 25.5. The molecule has 10 nitrogen and oxygen atoms in total. The van der Waals surface area contributed by atoms with Gasteiger partial charge in [-0.2, -0.15) is 0 Å². The highest BCUT2D eigenvalue weighted by molar-refractivity contribution is 6.99. The summed E-state index contributed by atoms with van der Waals surface area (Å²) in [5.74, 6) is -1.82. The highest BCUT2D eigenvalue weighted by Gasteiger charge is 2.57. The van der Waals surface area contributed by atoms with Crippen LogP contribution in [0.3, 0.4) is 0 Å². The number of benzene rings is 3. The van der Waals surface area contributed by atoms with E-state index in [1.165, 1.54) is 10.4 Å². The molecule has 1 N–H and O–H groups in total. The fraction of sp³-hybridized carbons (Fsp3) is 0.684. The van der Waals surface area contributed by atoms with Crippen molar-refractivity contribution in [1.82, 2.24) is 0 Å². The second kappa shape index (κ2) is 25.5. The summed E-state index contributed by atoms with van der Waals surface area (Å²) in [6, 6.07) is 32.8. The maximum Gasteiger partial charge on any atom is 0.261 e. The minimum atomic E-state index is -2.87. The molecule has 2 fully saturated rings. The number of rotatable bonds is 27. The van der Waals surface area contributed by atoms with Crippen LogP contribution in [0.1, 0.15) is 128 Å². The molecular formula is C57H92O10Si2. The summed E-state index contributed by atoms with van der Waals surface area (Å²) < 4.78 is 59.5. The van der Waals surface area contributed by atoms with Crippen LogP contribution in [-0.4, -0.2) is 97.6 Å². The van der Waals surface area contributed by atoms with Gasteiger partial charge in [-0.25, -0.2) is 0 Å². The SMILES string of the molecule is CC[C@H](CC[C@@H]1OC(O)(C(C[C@H](C)[C@H](C[C@@H](C)O[Si](c2ccccc2)(c2ccccc2)C(C)(C)C)O[Si](CC)(CC)CC)OCOC)[C@@H](C)[C@H](OCc2ccc(OC)cc2)[C@@H]1C)[C@@H]1COC(C)(C)O1. The van der Waals surface area contributed by atoms with Crippen LogP contribution in [0.4, 0.5) is 0 Å². The van der Waals surface area contributed by atoms with Gasteiger partial charge in [0.25, 0.3) is 8.32 Å². The molecule has 0 aliphatic carbocycles. The Bertz CT molecular complexity index is 1880. The van der Waals surface area contributed by atoms with Crippen LogP contribution in [0, 0.1) is 23.7 Å². The van der Waals surface area contributed by atoms with E-state index in [0.29, 0.717) is 32.5 Å². The van der Waals surface area contributed by atoms with Crippen LogP contribution in [0.2, 0.25) is 23.2 Å². The molecule has 5 rings (SSSR count). The van der Waals surface area contributed by atoms with Crippen molar-refractivity contribution in [2.45, 2.75) is 200 Å². The van der Waals surface area contributed by atoms with Crippen molar-refractivity contribution < 1.29 is 47.1 Å². The smallest absolute Gasteiger partial charge is 0.261 e. The summed E-state index contributed by atoms with van der Waals surface area (Å²) in [7, 11) is -1.73. The third kappa shape index (κ3) is 14.0. The molecule has 69 heavy (non-hydrogen) atoms. The lowest BCUT2D eigenvalue weighted by Crippen LogP contribution is -2.67. The molecule has 11 atom stereocenters. The minimum absolute atomic E-state index is 0.00343. The molecule has 3 aromatic carbocycles. The molecule has 0 amide bonds. The van der Waals surface area contributed by atoms with Gasteiger partial charge in [-0.15, -0.1) is 0 Å². The zero-order chi connectivity index (χ0) is 50.6. The van der Waals surface area contributed by atoms with Crippen LogP contribution in [0.5, 0.6) is 5.75 Å². The lowest BCUT2D eigenvalue weighted by molar-refractivity contribution is -0.367. The van der Waals surface area contributed by atoms with Crippen molar-refractivity contribution in [2.75, 3.05) is 27.6 Å². The average Bonchev–Trinajstić information content (AvgIpc) is 3.71. The van der Waals surface area contributed by atoms with Gasteiger partial charge in [-0.05, 0) is 110 Å². The monoisotopic (exact) mass is 993 g/mol. The van der Waals surface area contributed by atoms with Gasteiger partial charge >= 0.3 is 0 Å². The van der Waals surface area contributed by atoms with Gasteiger partial charge in [-0.3, -0.25) is 0 Å². The largest absolute Gasteiger partial charge is 0.497 e. The van der Waals surface area contributed by atoms with Crippen molar-refractivity contribution in [3.63, 3.8) is 0 Å². The van der Waals surface area contributed by atoms with Gasteiger partial charge in [0.15, 0.2) is 19.9 Å². The molecule has 2 aliphatic heterocycles. The average molecular weight is 994 g/mol. The summed E-state index contributed by atoms with van der Waals surface area (Å²) in [5.41, 5.74) is 1.03. The van der Waals surface area contributed by atoms with E-state index in [1.54, 1.807) is 14.2 Å². The maximum absolute atomic E-state index is 13.4. The van der Waals surface area contributed by atoms with Crippen molar-refractivity contribution >= 4 is 27.0 Å². The van der Waals surface area contributed by atoms with Gasteiger partial charge < -0.3 is 47.1 Å². The zero-order valence-electron chi connectivity index (χ0n) is 45.3. The van der Waals surface area contributed by atoms with Crippen molar-refractivity contribution in [3.8, 4) is 5.75 Å². The Labute approximate surface area is 420 Å². The molecule has 2 heterocycles. The number of ether oxygens (including phenoxy) is 7. The number of aliphatic hydroxyl groups is 1. The first-order chi connectivity index (χ1) is 32.7. The predicted molar refractivity (Wildman–Crippen MR) is 283 cm³/mol. The van der Waals surface area contributed by atoms with E-state index in [4.69, 9.17) is 42.0 Å². The summed E-state index contributed by atoms with van der Waals surface area (Å²) in [6.45, 7) is 29.7. The molecule has 3 aromatic rings. The van der Waals surface area contributed by atoms with Crippen LogP contribution in [-0.2, 0) is 43.9 Å². The number of hydrogen-bond acceptors (Lipinski definition) is 10. The summed E-state index contributed by atoms with van der Waals surface area (Å²) in [4.78, 5) is 0. The zero-order valence-corrected chi connectivity index (χ0v) is 47.3. The van der Waals surface area contributed by atoms with E-state index in [1.807, 2.05) is 38.1 Å². The van der Waals surface area contributed by atoms with Crippen LogP contribution in [0.25, 0.3) is 0 Å². The predicted octanol–water partition coefficient (Wildman–Crippen LogP) is 11.7. The van der Waals surface area contributed by atoms with Crippen LogP contribution < -0.4 is 15.1 Å². The maximum atomic E-state index is 13.4. The first-order valence-corrected chi connectivity index (χ1v) is 30.7. The first kappa shape index (κ1) is 57.4. The van der Waals surface area contributed by atoms with E-state index < -0.39 is 40.2 Å². The van der Waals surface area contributed by atoms with Crippen molar-refractivity contribution in [1.29, 1.82) is 0 Å².